The van der Waals surface area contributed by atoms with Gasteiger partial charge in [-0.2, -0.15) is 0 Å². The summed E-state index contributed by atoms with van der Waals surface area (Å²) < 4.78 is 5.63. The Morgan fingerprint density at radius 3 is 2.60 bits per heavy atom. The molecule has 1 amide bonds. The standard InChI is InChI=1S/C20H33N3O2/c1-18(23-13-11-22(2)12-14-23)17-21-20(24)9-6-15-25-16-10-19-7-4-3-5-8-19/h3-5,7-8,18H,6,9-17H2,1-2H3,(H,21,24). The van der Waals surface area contributed by atoms with Gasteiger partial charge in [0, 0.05) is 51.8 Å². The molecule has 0 aliphatic carbocycles. The molecule has 5 nitrogen and oxygen atoms in total. The van der Waals surface area contributed by atoms with Crippen molar-refractivity contribution in [1.29, 1.82) is 0 Å². The van der Waals surface area contributed by atoms with E-state index in [-0.39, 0.29) is 5.91 Å². The van der Waals surface area contributed by atoms with Crippen molar-refractivity contribution in [1.82, 2.24) is 15.1 Å². The van der Waals surface area contributed by atoms with Crippen LogP contribution in [-0.4, -0.2) is 74.7 Å². The summed E-state index contributed by atoms with van der Waals surface area (Å²) in [6, 6.07) is 10.7. The number of hydrogen-bond acceptors (Lipinski definition) is 4. The average Bonchev–Trinajstić information content (AvgIpc) is 2.64. The maximum Gasteiger partial charge on any atom is 0.220 e. The maximum absolute atomic E-state index is 11.9. The lowest BCUT2D eigenvalue weighted by molar-refractivity contribution is -0.121. The van der Waals surface area contributed by atoms with Crippen LogP contribution in [0.2, 0.25) is 0 Å². The summed E-state index contributed by atoms with van der Waals surface area (Å²) in [6.07, 6.45) is 2.25. The van der Waals surface area contributed by atoms with Crippen LogP contribution in [-0.2, 0) is 16.0 Å². The lowest BCUT2D eigenvalue weighted by atomic mass is 10.2. The van der Waals surface area contributed by atoms with Crippen molar-refractivity contribution in [3.63, 3.8) is 0 Å². The number of carbonyl (C=O) groups excluding carboxylic acids is 1. The van der Waals surface area contributed by atoms with Crippen molar-refractivity contribution in [3.8, 4) is 0 Å². The smallest absolute Gasteiger partial charge is 0.220 e. The number of likely N-dealkylation sites (N-methyl/N-ethyl adjacent to an activating group) is 1. The molecule has 1 fully saturated rings. The van der Waals surface area contributed by atoms with Crippen LogP contribution in [0.4, 0.5) is 0 Å². The minimum absolute atomic E-state index is 0.132. The summed E-state index contributed by atoms with van der Waals surface area (Å²) in [6.45, 7) is 8.68. The number of rotatable bonds is 10. The fourth-order valence-corrected chi connectivity index (χ4v) is 3.01. The van der Waals surface area contributed by atoms with E-state index in [0.29, 0.717) is 25.7 Å². The Morgan fingerprint density at radius 2 is 1.88 bits per heavy atom. The molecule has 1 aromatic rings. The summed E-state index contributed by atoms with van der Waals surface area (Å²) in [5.41, 5.74) is 1.29. The molecule has 0 bridgehead atoms. The zero-order chi connectivity index (χ0) is 17.9. The van der Waals surface area contributed by atoms with Gasteiger partial charge >= 0.3 is 0 Å². The molecular weight excluding hydrogens is 314 g/mol. The number of nitrogens with zero attached hydrogens (tertiary/aromatic N) is 2. The van der Waals surface area contributed by atoms with Gasteiger partial charge in [-0.3, -0.25) is 9.69 Å². The van der Waals surface area contributed by atoms with Crippen molar-refractivity contribution in [2.24, 2.45) is 0 Å². The number of benzene rings is 1. The van der Waals surface area contributed by atoms with Crippen molar-refractivity contribution >= 4 is 5.91 Å². The molecule has 0 saturated carbocycles. The Labute approximate surface area is 152 Å². The van der Waals surface area contributed by atoms with E-state index in [1.807, 2.05) is 18.2 Å². The summed E-state index contributed by atoms with van der Waals surface area (Å²) >= 11 is 0. The molecule has 1 heterocycles. The van der Waals surface area contributed by atoms with Gasteiger partial charge in [0.15, 0.2) is 0 Å². The molecule has 1 aliphatic rings. The molecule has 140 valence electrons. The fraction of sp³-hybridized carbons (Fsp3) is 0.650. The average molecular weight is 348 g/mol. The topological polar surface area (TPSA) is 44.8 Å². The first-order chi connectivity index (χ1) is 12.1. The number of carbonyl (C=O) groups is 1. The van der Waals surface area contributed by atoms with Gasteiger partial charge in [0.1, 0.15) is 0 Å². The van der Waals surface area contributed by atoms with Crippen LogP contribution in [0, 0.1) is 0 Å². The largest absolute Gasteiger partial charge is 0.381 e. The highest BCUT2D eigenvalue weighted by molar-refractivity contribution is 5.75. The quantitative estimate of drug-likeness (QED) is 0.655. The van der Waals surface area contributed by atoms with E-state index in [2.05, 4.69) is 41.2 Å². The van der Waals surface area contributed by atoms with Gasteiger partial charge in [-0.15, -0.1) is 0 Å². The fourth-order valence-electron chi connectivity index (χ4n) is 3.01. The van der Waals surface area contributed by atoms with Gasteiger partial charge in [0.05, 0.1) is 6.61 Å². The second-order valence-electron chi connectivity index (χ2n) is 6.94. The number of nitrogens with one attached hydrogen (secondary N) is 1. The summed E-state index contributed by atoms with van der Waals surface area (Å²) in [5, 5.41) is 3.06. The highest BCUT2D eigenvalue weighted by Gasteiger charge is 2.19. The monoisotopic (exact) mass is 347 g/mol. The molecule has 5 heteroatoms. The summed E-state index contributed by atoms with van der Waals surface area (Å²) in [7, 11) is 2.16. The molecule has 1 aliphatic heterocycles. The van der Waals surface area contributed by atoms with Crippen LogP contribution in [0.15, 0.2) is 30.3 Å². The first-order valence-corrected chi connectivity index (χ1v) is 9.46. The third kappa shape index (κ3) is 7.99. The van der Waals surface area contributed by atoms with Crippen molar-refractivity contribution in [2.75, 3.05) is 53.0 Å². The van der Waals surface area contributed by atoms with E-state index >= 15 is 0 Å². The minimum Gasteiger partial charge on any atom is -0.381 e. The molecule has 1 atom stereocenters. The SMILES string of the molecule is CC(CNC(=O)CCCOCCc1ccccc1)N1CCN(C)CC1. The molecule has 0 radical (unpaired) electrons. The maximum atomic E-state index is 11.9. The summed E-state index contributed by atoms with van der Waals surface area (Å²) in [5.74, 6) is 0.132. The van der Waals surface area contributed by atoms with Crippen molar-refractivity contribution in [2.45, 2.75) is 32.2 Å². The Hall–Kier alpha value is -1.43. The van der Waals surface area contributed by atoms with E-state index in [9.17, 15) is 4.79 Å². The molecule has 1 N–H and O–H groups in total. The van der Waals surface area contributed by atoms with E-state index in [4.69, 9.17) is 4.74 Å². The molecule has 25 heavy (non-hydrogen) atoms. The van der Waals surface area contributed by atoms with E-state index in [1.54, 1.807) is 0 Å². The first-order valence-electron chi connectivity index (χ1n) is 9.46. The molecule has 1 aromatic carbocycles. The zero-order valence-corrected chi connectivity index (χ0v) is 15.7. The van der Waals surface area contributed by atoms with Crippen LogP contribution in [0.25, 0.3) is 0 Å². The number of amides is 1. The van der Waals surface area contributed by atoms with Gasteiger partial charge in [0.25, 0.3) is 0 Å². The molecule has 1 unspecified atom stereocenters. The number of piperazine rings is 1. The zero-order valence-electron chi connectivity index (χ0n) is 15.7. The second kappa shape index (κ2) is 11.2. The van der Waals surface area contributed by atoms with Crippen molar-refractivity contribution < 1.29 is 9.53 Å². The Bertz CT molecular complexity index is 487. The molecule has 0 spiro atoms. The summed E-state index contributed by atoms with van der Waals surface area (Å²) in [4.78, 5) is 16.7. The van der Waals surface area contributed by atoms with Gasteiger partial charge in [-0.1, -0.05) is 30.3 Å². The third-order valence-electron chi connectivity index (χ3n) is 4.83. The molecule has 1 saturated heterocycles. The van der Waals surface area contributed by atoms with E-state index in [0.717, 1.165) is 45.6 Å². The highest BCUT2D eigenvalue weighted by Crippen LogP contribution is 2.04. The van der Waals surface area contributed by atoms with Gasteiger partial charge in [-0.25, -0.2) is 0 Å². The van der Waals surface area contributed by atoms with Gasteiger partial charge in [-0.05, 0) is 32.4 Å². The van der Waals surface area contributed by atoms with Crippen LogP contribution in [0.5, 0.6) is 0 Å². The highest BCUT2D eigenvalue weighted by atomic mass is 16.5. The Balaban J connectivity index is 1.47. The predicted octanol–water partition coefficient (Wildman–Crippen LogP) is 1.78. The minimum atomic E-state index is 0.132. The molecule has 0 aromatic heterocycles. The van der Waals surface area contributed by atoms with Crippen LogP contribution in [0.3, 0.4) is 0 Å². The lowest BCUT2D eigenvalue weighted by Gasteiger charge is -2.36. The van der Waals surface area contributed by atoms with Crippen LogP contribution in [0.1, 0.15) is 25.3 Å². The molecule has 2 rings (SSSR count). The van der Waals surface area contributed by atoms with E-state index in [1.165, 1.54) is 5.56 Å². The van der Waals surface area contributed by atoms with Crippen LogP contribution >= 0.6 is 0 Å². The third-order valence-corrected chi connectivity index (χ3v) is 4.83. The van der Waals surface area contributed by atoms with Gasteiger partial charge < -0.3 is 15.0 Å². The van der Waals surface area contributed by atoms with Crippen molar-refractivity contribution in [3.05, 3.63) is 35.9 Å². The normalized spacial score (nSPS) is 17.4. The Morgan fingerprint density at radius 1 is 1.16 bits per heavy atom. The second-order valence-corrected chi connectivity index (χ2v) is 6.94. The predicted molar refractivity (Wildman–Crippen MR) is 102 cm³/mol. The first kappa shape index (κ1) is 19.9. The number of hydrogen-bond donors (Lipinski definition) is 1. The van der Waals surface area contributed by atoms with Gasteiger partial charge in [0.2, 0.25) is 5.91 Å². The molecular formula is C20H33N3O2. The van der Waals surface area contributed by atoms with Crippen LogP contribution < -0.4 is 5.32 Å². The lowest BCUT2D eigenvalue weighted by Crippen LogP contribution is -2.51. The Kier molecular flexibility index (Phi) is 8.94. The number of ether oxygens (including phenoxy) is 1. The van der Waals surface area contributed by atoms with E-state index < -0.39 is 0 Å².